The second-order valence-corrected chi connectivity index (χ2v) is 9.77. The molecule has 0 spiro atoms. The molecule has 4 aliphatic rings. The third-order valence-electron chi connectivity index (χ3n) is 6.90. The molecular formula is C23H28BrFN2O2. The highest BCUT2D eigenvalue weighted by atomic mass is 79.9. The normalized spacial score (nSPS) is 36.5. The molecule has 0 amide bonds. The number of allylic oxidation sites excluding steroid dienone is 3. The molecule has 1 aromatic rings. The van der Waals surface area contributed by atoms with Crippen LogP contribution < -0.4 is 5.32 Å². The highest BCUT2D eigenvalue weighted by molar-refractivity contribution is 9.10. The molecule has 156 valence electrons. The van der Waals surface area contributed by atoms with Gasteiger partial charge >= 0.3 is 0 Å². The van der Waals surface area contributed by atoms with E-state index in [0.717, 1.165) is 55.4 Å². The minimum absolute atomic E-state index is 0.103. The smallest absolute Gasteiger partial charge is 0.147 e. The lowest BCUT2D eigenvalue weighted by Gasteiger charge is -2.48. The SMILES string of the molecule is O[C@@H]1CCN(C[C@H]2CC[C@@H]3[C@H](O2)c2cc(Br)cc(F)c2N[C@H]3C2C=CC=CC2)C1. The summed E-state index contributed by atoms with van der Waals surface area (Å²) < 4.78 is 22.3. The number of benzene rings is 1. The zero-order valence-electron chi connectivity index (χ0n) is 16.4. The van der Waals surface area contributed by atoms with E-state index in [2.05, 4.69) is 50.5 Å². The van der Waals surface area contributed by atoms with Crippen molar-refractivity contribution in [2.45, 2.75) is 50.0 Å². The predicted molar refractivity (Wildman–Crippen MR) is 115 cm³/mol. The standard InChI is InChI=1S/C23H28BrFN2O2/c24-15-10-19-22(20(25)11-15)26-21(14-4-2-1-3-5-14)18-7-6-17(29-23(18)19)13-27-9-8-16(28)12-27/h1-4,10-11,14,16-18,21,23,26,28H,5-9,12-13H2/t14?,16-,17-,18+,21+,23+/m1/s1. The van der Waals surface area contributed by atoms with Gasteiger partial charge in [-0.2, -0.15) is 0 Å². The number of hydrogen-bond acceptors (Lipinski definition) is 4. The Bertz CT molecular complexity index is 829. The molecule has 0 bridgehead atoms. The van der Waals surface area contributed by atoms with Gasteiger partial charge in [0.2, 0.25) is 0 Å². The molecule has 0 aromatic heterocycles. The van der Waals surface area contributed by atoms with E-state index in [4.69, 9.17) is 4.74 Å². The summed E-state index contributed by atoms with van der Waals surface area (Å²) >= 11 is 3.46. The first kappa shape index (κ1) is 19.7. The van der Waals surface area contributed by atoms with Gasteiger partial charge in [-0.1, -0.05) is 40.2 Å². The van der Waals surface area contributed by atoms with E-state index in [1.54, 1.807) is 0 Å². The average molecular weight is 463 g/mol. The fourth-order valence-corrected chi connectivity index (χ4v) is 5.96. The number of nitrogens with one attached hydrogen (secondary N) is 1. The fourth-order valence-electron chi connectivity index (χ4n) is 5.51. The van der Waals surface area contributed by atoms with Crippen LogP contribution in [-0.2, 0) is 4.74 Å². The van der Waals surface area contributed by atoms with E-state index in [1.165, 1.54) is 6.07 Å². The fraction of sp³-hybridized carbons (Fsp3) is 0.565. The molecule has 0 radical (unpaired) electrons. The number of hydrogen-bond donors (Lipinski definition) is 2. The molecule has 1 unspecified atom stereocenters. The molecule has 1 aromatic carbocycles. The van der Waals surface area contributed by atoms with Gasteiger partial charge in [-0.3, -0.25) is 4.90 Å². The maximum Gasteiger partial charge on any atom is 0.147 e. The van der Waals surface area contributed by atoms with Crippen LogP contribution in [0.15, 0.2) is 40.9 Å². The molecule has 3 heterocycles. The second-order valence-electron chi connectivity index (χ2n) is 8.86. The van der Waals surface area contributed by atoms with Crippen molar-refractivity contribution >= 4 is 21.6 Å². The van der Waals surface area contributed by atoms with Crippen LogP contribution in [0.25, 0.3) is 0 Å². The van der Waals surface area contributed by atoms with Gasteiger partial charge in [0.1, 0.15) is 5.82 Å². The predicted octanol–water partition coefficient (Wildman–Crippen LogP) is 4.42. The van der Waals surface area contributed by atoms with Gasteiger partial charge in [-0.25, -0.2) is 4.39 Å². The van der Waals surface area contributed by atoms with Gasteiger partial charge in [-0.05, 0) is 37.8 Å². The molecule has 3 aliphatic heterocycles. The Morgan fingerprint density at radius 1 is 1.24 bits per heavy atom. The Kier molecular flexibility index (Phi) is 5.54. The van der Waals surface area contributed by atoms with Gasteiger partial charge in [0, 0.05) is 47.5 Å². The summed E-state index contributed by atoms with van der Waals surface area (Å²) in [7, 11) is 0. The molecule has 2 fully saturated rings. The van der Waals surface area contributed by atoms with E-state index in [1.807, 2.05) is 6.07 Å². The van der Waals surface area contributed by atoms with E-state index < -0.39 is 0 Å². The van der Waals surface area contributed by atoms with Gasteiger partial charge in [0.15, 0.2) is 0 Å². The van der Waals surface area contributed by atoms with E-state index >= 15 is 0 Å². The lowest BCUT2D eigenvalue weighted by Crippen LogP contribution is -2.48. The third kappa shape index (κ3) is 3.92. The summed E-state index contributed by atoms with van der Waals surface area (Å²) in [5, 5.41) is 13.4. The van der Waals surface area contributed by atoms with Gasteiger partial charge in [0.25, 0.3) is 0 Å². The number of halogens is 2. The molecule has 2 N–H and O–H groups in total. The number of ether oxygens (including phenoxy) is 1. The first-order valence-corrected chi connectivity index (χ1v) is 11.5. The van der Waals surface area contributed by atoms with Crippen molar-refractivity contribution in [3.8, 4) is 0 Å². The Hall–Kier alpha value is -1.21. The van der Waals surface area contributed by atoms with E-state index in [0.29, 0.717) is 17.5 Å². The Balaban J connectivity index is 1.42. The van der Waals surface area contributed by atoms with Crippen LogP contribution in [0.2, 0.25) is 0 Å². The number of rotatable bonds is 3. The molecule has 6 atom stereocenters. The first-order chi connectivity index (χ1) is 14.1. The van der Waals surface area contributed by atoms with Crippen molar-refractivity contribution < 1.29 is 14.2 Å². The monoisotopic (exact) mass is 462 g/mol. The van der Waals surface area contributed by atoms with E-state index in [-0.39, 0.29) is 30.2 Å². The van der Waals surface area contributed by atoms with Crippen LogP contribution in [0.1, 0.15) is 37.4 Å². The zero-order chi connectivity index (χ0) is 20.0. The molecule has 6 heteroatoms. The third-order valence-corrected chi connectivity index (χ3v) is 7.36. The quantitative estimate of drug-likeness (QED) is 0.697. The first-order valence-electron chi connectivity index (χ1n) is 10.7. The lowest BCUT2D eigenvalue weighted by atomic mass is 9.73. The van der Waals surface area contributed by atoms with Crippen molar-refractivity contribution in [3.63, 3.8) is 0 Å². The minimum atomic E-state index is -0.221. The molecule has 1 aliphatic carbocycles. The number of nitrogens with zero attached hydrogens (tertiary/aromatic N) is 1. The molecule has 4 nitrogen and oxygen atoms in total. The average Bonchev–Trinajstić information content (AvgIpc) is 3.13. The molecule has 5 rings (SSSR count). The maximum atomic E-state index is 14.9. The topological polar surface area (TPSA) is 44.7 Å². The van der Waals surface area contributed by atoms with Crippen LogP contribution >= 0.6 is 15.9 Å². The largest absolute Gasteiger partial charge is 0.392 e. The molecular weight excluding hydrogens is 435 g/mol. The summed E-state index contributed by atoms with van der Waals surface area (Å²) in [6.45, 7) is 2.50. The number of aliphatic hydroxyl groups excluding tert-OH is 1. The van der Waals surface area contributed by atoms with Crippen LogP contribution in [-0.4, -0.2) is 47.9 Å². The summed E-state index contributed by atoms with van der Waals surface area (Å²) in [6, 6.07) is 3.71. The van der Waals surface area contributed by atoms with Gasteiger partial charge in [0.05, 0.1) is 24.0 Å². The Labute approximate surface area is 179 Å². The number of β-amino-alcohol motifs (C(OH)–C–C–N with tert-alkyl or cyclic N) is 1. The highest BCUT2D eigenvalue weighted by Gasteiger charge is 2.45. The summed E-state index contributed by atoms with van der Waals surface area (Å²) in [6.07, 6.45) is 12.3. The lowest BCUT2D eigenvalue weighted by molar-refractivity contribution is -0.104. The number of likely N-dealkylation sites (tertiary alicyclic amines) is 1. The molecule has 2 saturated heterocycles. The highest BCUT2D eigenvalue weighted by Crippen LogP contribution is 2.49. The van der Waals surface area contributed by atoms with Crippen molar-refractivity contribution in [3.05, 3.63) is 52.3 Å². The van der Waals surface area contributed by atoms with E-state index in [9.17, 15) is 9.50 Å². The number of anilines is 1. The van der Waals surface area contributed by atoms with Crippen LogP contribution in [0.3, 0.4) is 0 Å². The van der Waals surface area contributed by atoms with Gasteiger partial charge < -0.3 is 15.2 Å². The van der Waals surface area contributed by atoms with Gasteiger partial charge in [-0.15, -0.1) is 0 Å². The Morgan fingerprint density at radius 2 is 2.14 bits per heavy atom. The minimum Gasteiger partial charge on any atom is -0.392 e. The number of aliphatic hydroxyl groups is 1. The van der Waals surface area contributed by atoms with Crippen LogP contribution in [0, 0.1) is 17.7 Å². The van der Waals surface area contributed by atoms with Crippen LogP contribution in [0.4, 0.5) is 10.1 Å². The summed E-state index contributed by atoms with van der Waals surface area (Å²) in [4.78, 5) is 2.30. The summed E-state index contributed by atoms with van der Waals surface area (Å²) in [5.74, 6) is 0.442. The number of fused-ring (bicyclic) bond motifs is 3. The summed E-state index contributed by atoms with van der Waals surface area (Å²) in [5.41, 5.74) is 1.53. The second kappa shape index (κ2) is 8.14. The maximum absolute atomic E-state index is 14.9. The molecule has 29 heavy (non-hydrogen) atoms. The zero-order valence-corrected chi connectivity index (χ0v) is 18.0. The van der Waals surface area contributed by atoms with Crippen molar-refractivity contribution in [2.24, 2.45) is 11.8 Å². The van der Waals surface area contributed by atoms with Crippen LogP contribution in [0.5, 0.6) is 0 Å². The van der Waals surface area contributed by atoms with Crippen molar-refractivity contribution in [1.82, 2.24) is 4.90 Å². The van der Waals surface area contributed by atoms with Crippen molar-refractivity contribution in [2.75, 3.05) is 25.0 Å². The molecule has 0 saturated carbocycles. The van der Waals surface area contributed by atoms with Crippen molar-refractivity contribution in [1.29, 1.82) is 0 Å². The Morgan fingerprint density at radius 3 is 2.90 bits per heavy atom.